The maximum atomic E-state index is 13.1. The predicted molar refractivity (Wildman–Crippen MR) is 111 cm³/mol. The average molecular weight is 436 g/mol. The lowest BCUT2D eigenvalue weighted by atomic mass is 10.2. The summed E-state index contributed by atoms with van der Waals surface area (Å²) < 4.78 is 45.0. The van der Waals surface area contributed by atoms with E-state index < -0.39 is 15.8 Å². The molecule has 0 saturated carbocycles. The Morgan fingerprint density at radius 1 is 1.07 bits per heavy atom. The van der Waals surface area contributed by atoms with E-state index in [0.29, 0.717) is 19.6 Å². The summed E-state index contributed by atoms with van der Waals surface area (Å²) >= 11 is 0. The largest absolute Gasteiger partial charge is 0.497 e. The molecule has 1 amide bonds. The highest BCUT2D eigenvalue weighted by molar-refractivity contribution is 7.89. The van der Waals surface area contributed by atoms with Crippen molar-refractivity contribution in [2.75, 3.05) is 33.3 Å². The van der Waals surface area contributed by atoms with Gasteiger partial charge < -0.3 is 10.1 Å². The number of benzene rings is 2. The van der Waals surface area contributed by atoms with E-state index in [2.05, 4.69) is 5.32 Å². The van der Waals surface area contributed by atoms with Gasteiger partial charge in [-0.3, -0.25) is 9.69 Å². The van der Waals surface area contributed by atoms with E-state index in [1.165, 1.54) is 16.4 Å². The summed E-state index contributed by atoms with van der Waals surface area (Å²) in [5.74, 6) is 0.167. The van der Waals surface area contributed by atoms with E-state index in [4.69, 9.17) is 4.74 Å². The van der Waals surface area contributed by atoms with Crippen LogP contribution in [0.2, 0.25) is 0 Å². The molecule has 0 spiro atoms. The van der Waals surface area contributed by atoms with Crippen LogP contribution in [0.5, 0.6) is 5.75 Å². The molecule has 1 heterocycles. The van der Waals surface area contributed by atoms with Crippen molar-refractivity contribution in [1.29, 1.82) is 0 Å². The lowest BCUT2D eigenvalue weighted by molar-refractivity contribution is -0.126. The molecule has 7 nitrogen and oxygen atoms in total. The standard InChI is InChI=1S/C21H26FN3O4S/c1-16(21(26)23-15-17-3-7-19(29-2)8-4-17)24-11-13-25(14-12-24)30(27,28)20-9-5-18(22)6-10-20/h3-10,16H,11-15H2,1-2H3,(H,23,26). The summed E-state index contributed by atoms with van der Waals surface area (Å²) in [5, 5.41) is 2.92. The van der Waals surface area contributed by atoms with Crippen molar-refractivity contribution in [2.45, 2.75) is 24.4 Å². The molecule has 3 rings (SSSR count). The number of halogens is 1. The lowest BCUT2D eigenvalue weighted by Gasteiger charge is -2.36. The molecule has 1 atom stereocenters. The summed E-state index contributed by atoms with van der Waals surface area (Å²) in [6, 6.07) is 11.9. The van der Waals surface area contributed by atoms with Gasteiger partial charge in [-0.1, -0.05) is 12.1 Å². The van der Waals surface area contributed by atoms with Gasteiger partial charge in [0.1, 0.15) is 11.6 Å². The molecule has 0 aromatic heterocycles. The Hall–Kier alpha value is -2.49. The van der Waals surface area contributed by atoms with Gasteiger partial charge >= 0.3 is 0 Å². The third-order valence-electron chi connectivity index (χ3n) is 5.28. The molecule has 1 saturated heterocycles. The zero-order valence-electron chi connectivity index (χ0n) is 17.0. The Bertz CT molecular complexity index is 957. The molecule has 1 aliphatic rings. The fourth-order valence-electron chi connectivity index (χ4n) is 3.33. The first-order valence-corrected chi connectivity index (χ1v) is 11.2. The summed E-state index contributed by atoms with van der Waals surface area (Å²) in [4.78, 5) is 14.6. The molecule has 0 radical (unpaired) electrons. The molecule has 1 aliphatic heterocycles. The second-order valence-electron chi connectivity index (χ2n) is 7.14. The topological polar surface area (TPSA) is 79.0 Å². The van der Waals surface area contributed by atoms with E-state index in [1.54, 1.807) is 7.11 Å². The number of sulfonamides is 1. The van der Waals surface area contributed by atoms with Crippen LogP contribution in [0, 0.1) is 5.82 Å². The highest BCUT2D eigenvalue weighted by Crippen LogP contribution is 2.19. The number of nitrogens with one attached hydrogen (secondary N) is 1. The molecular formula is C21H26FN3O4S. The van der Waals surface area contributed by atoms with Gasteiger partial charge in [0.25, 0.3) is 0 Å². The molecular weight excluding hydrogens is 409 g/mol. The number of hydrogen-bond acceptors (Lipinski definition) is 5. The van der Waals surface area contributed by atoms with Gasteiger partial charge in [0.15, 0.2) is 0 Å². The first kappa shape index (κ1) is 22.2. The number of carbonyl (C=O) groups excluding carboxylic acids is 1. The van der Waals surface area contributed by atoms with Gasteiger partial charge in [0.05, 0.1) is 18.0 Å². The van der Waals surface area contributed by atoms with Gasteiger partial charge in [-0.05, 0) is 48.9 Å². The molecule has 1 fully saturated rings. The maximum absolute atomic E-state index is 13.1. The SMILES string of the molecule is COc1ccc(CNC(=O)C(C)N2CCN(S(=O)(=O)c3ccc(F)cc3)CC2)cc1. The quantitative estimate of drug-likeness (QED) is 0.718. The van der Waals surface area contributed by atoms with Crippen LogP contribution in [0.25, 0.3) is 0 Å². The Kier molecular flexibility index (Phi) is 7.06. The van der Waals surface area contributed by atoms with Crippen LogP contribution < -0.4 is 10.1 Å². The highest BCUT2D eigenvalue weighted by atomic mass is 32.2. The van der Waals surface area contributed by atoms with E-state index in [9.17, 15) is 17.6 Å². The van der Waals surface area contributed by atoms with Gasteiger partial charge in [-0.2, -0.15) is 4.31 Å². The van der Waals surface area contributed by atoms with Crippen LogP contribution in [-0.2, 0) is 21.4 Å². The third kappa shape index (κ3) is 5.16. The number of rotatable bonds is 7. The average Bonchev–Trinajstić information content (AvgIpc) is 2.77. The van der Waals surface area contributed by atoms with Crippen molar-refractivity contribution in [3.8, 4) is 5.75 Å². The number of piperazine rings is 1. The van der Waals surface area contributed by atoms with Gasteiger partial charge in [-0.25, -0.2) is 12.8 Å². The van der Waals surface area contributed by atoms with Crippen molar-refractivity contribution in [1.82, 2.24) is 14.5 Å². The summed E-state index contributed by atoms with van der Waals surface area (Å²) in [7, 11) is -2.07. The van der Waals surface area contributed by atoms with Crippen LogP contribution in [0.1, 0.15) is 12.5 Å². The van der Waals surface area contributed by atoms with Crippen molar-refractivity contribution < 1.29 is 22.3 Å². The smallest absolute Gasteiger partial charge is 0.243 e. The minimum Gasteiger partial charge on any atom is -0.497 e. The Morgan fingerprint density at radius 3 is 2.23 bits per heavy atom. The van der Waals surface area contributed by atoms with Gasteiger partial charge in [0.2, 0.25) is 15.9 Å². The molecule has 0 aliphatic carbocycles. The van der Waals surface area contributed by atoms with Crippen LogP contribution in [0.3, 0.4) is 0 Å². The van der Waals surface area contributed by atoms with Crippen LogP contribution in [0.4, 0.5) is 4.39 Å². The van der Waals surface area contributed by atoms with E-state index in [-0.39, 0.29) is 29.9 Å². The molecule has 0 bridgehead atoms. The first-order chi connectivity index (χ1) is 14.3. The second kappa shape index (κ2) is 9.55. The van der Waals surface area contributed by atoms with E-state index in [0.717, 1.165) is 23.4 Å². The van der Waals surface area contributed by atoms with E-state index in [1.807, 2.05) is 36.1 Å². The Labute approximate surface area is 176 Å². The number of nitrogens with zero attached hydrogens (tertiary/aromatic N) is 2. The van der Waals surface area contributed by atoms with Crippen LogP contribution in [0.15, 0.2) is 53.4 Å². The minimum absolute atomic E-state index is 0.0719. The molecule has 2 aromatic rings. The molecule has 162 valence electrons. The molecule has 9 heteroatoms. The second-order valence-corrected chi connectivity index (χ2v) is 9.07. The fourth-order valence-corrected chi connectivity index (χ4v) is 4.76. The van der Waals surface area contributed by atoms with Gasteiger partial charge in [-0.15, -0.1) is 0 Å². The number of ether oxygens (including phenoxy) is 1. The van der Waals surface area contributed by atoms with Crippen molar-refractivity contribution >= 4 is 15.9 Å². The maximum Gasteiger partial charge on any atom is 0.243 e. The number of methoxy groups -OCH3 is 1. The summed E-state index contributed by atoms with van der Waals surface area (Å²) in [5.41, 5.74) is 0.964. The minimum atomic E-state index is -3.67. The van der Waals surface area contributed by atoms with Crippen LogP contribution >= 0.6 is 0 Å². The van der Waals surface area contributed by atoms with Gasteiger partial charge in [0, 0.05) is 32.7 Å². The van der Waals surface area contributed by atoms with Crippen molar-refractivity contribution in [3.63, 3.8) is 0 Å². The number of carbonyl (C=O) groups is 1. The first-order valence-electron chi connectivity index (χ1n) is 9.71. The van der Waals surface area contributed by atoms with Crippen molar-refractivity contribution in [3.05, 3.63) is 59.9 Å². The molecule has 1 unspecified atom stereocenters. The number of hydrogen-bond donors (Lipinski definition) is 1. The summed E-state index contributed by atoms with van der Waals surface area (Å²) in [6.45, 7) is 3.65. The number of amides is 1. The molecule has 30 heavy (non-hydrogen) atoms. The zero-order valence-corrected chi connectivity index (χ0v) is 17.9. The third-order valence-corrected chi connectivity index (χ3v) is 7.19. The molecule has 1 N–H and O–H groups in total. The summed E-state index contributed by atoms with van der Waals surface area (Å²) in [6.07, 6.45) is 0. The van der Waals surface area contributed by atoms with Crippen LogP contribution in [-0.4, -0.2) is 62.9 Å². The fraction of sp³-hybridized carbons (Fsp3) is 0.381. The van der Waals surface area contributed by atoms with Crippen molar-refractivity contribution in [2.24, 2.45) is 0 Å². The normalized spacial score (nSPS) is 16.8. The predicted octanol–water partition coefficient (Wildman–Crippen LogP) is 1.85. The van der Waals surface area contributed by atoms with E-state index >= 15 is 0 Å². The molecule has 2 aromatic carbocycles. The Balaban J connectivity index is 1.52. The highest BCUT2D eigenvalue weighted by Gasteiger charge is 2.31. The Morgan fingerprint density at radius 2 is 1.67 bits per heavy atom. The zero-order chi connectivity index (χ0) is 21.7. The monoisotopic (exact) mass is 435 g/mol. The lowest BCUT2D eigenvalue weighted by Crippen LogP contribution is -2.54.